The molecule has 0 aromatic carbocycles. The van der Waals surface area contributed by atoms with Crippen molar-refractivity contribution < 1.29 is 19.4 Å². The fraction of sp³-hybridized carbons (Fsp3) is 0.867. The summed E-state index contributed by atoms with van der Waals surface area (Å²) in [4.78, 5) is 27.0. The van der Waals surface area contributed by atoms with Gasteiger partial charge >= 0.3 is 6.09 Å². The van der Waals surface area contributed by atoms with Crippen LogP contribution in [0.2, 0.25) is 0 Å². The SMILES string of the molecule is CC(C)(C)OC(=O)N1CCC(O)(CN2CC(N)CC2=O)CC1. The molecule has 2 aliphatic heterocycles. The summed E-state index contributed by atoms with van der Waals surface area (Å²) < 4.78 is 5.33. The van der Waals surface area contributed by atoms with Gasteiger partial charge in [-0.05, 0) is 33.6 Å². The van der Waals surface area contributed by atoms with Gasteiger partial charge in [0, 0.05) is 38.6 Å². The molecule has 1 atom stereocenters. The van der Waals surface area contributed by atoms with E-state index in [0.717, 1.165) is 0 Å². The molecule has 0 aliphatic carbocycles. The largest absolute Gasteiger partial charge is 0.444 e. The lowest BCUT2D eigenvalue weighted by atomic mass is 9.91. The molecule has 2 saturated heterocycles. The average Bonchev–Trinajstić information content (AvgIpc) is 2.65. The Balaban J connectivity index is 1.85. The van der Waals surface area contributed by atoms with E-state index < -0.39 is 11.2 Å². The van der Waals surface area contributed by atoms with Gasteiger partial charge in [0.1, 0.15) is 5.60 Å². The molecule has 0 spiro atoms. The maximum atomic E-state index is 12.0. The molecule has 2 heterocycles. The predicted octanol–water partition coefficient (Wildman–Crippen LogP) is 0.308. The third-order valence-corrected chi connectivity index (χ3v) is 4.08. The lowest BCUT2D eigenvalue weighted by molar-refractivity contribution is -0.132. The van der Waals surface area contributed by atoms with Crippen LogP contribution in [-0.4, -0.2) is 70.3 Å². The van der Waals surface area contributed by atoms with Gasteiger partial charge in [0.05, 0.1) is 5.60 Å². The number of amides is 2. The van der Waals surface area contributed by atoms with Crippen molar-refractivity contribution >= 4 is 12.0 Å². The molecule has 2 rings (SSSR count). The van der Waals surface area contributed by atoms with Crippen molar-refractivity contribution in [3.8, 4) is 0 Å². The van der Waals surface area contributed by atoms with Gasteiger partial charge in [-0.15, -0.1) is 0 Å². The molecule has 0 radical (unpaired) electrons. The van der Waals surface area contributed by atoms with Crippen LogP contribution in [0.5, 0.6) is 0 Å². The van der Waals surface area contributed by atoms with E-state index in [2.05, 4.69) is 0 Å². The standard InChI is InChI=1S/C15H27N3O4/c1-14(2,3)22-13(20)17-6-4-15(21,5-7-17)10-18-9-11(16)8-12(18)19/h11,21H,4-10,16H2,1-3H3. The van der Waals surface area contributed by atoms with Gasteiger partial charge in [0.25, 0.3) is 0 Å². The second kappa shape index (κ2) is 6.04. The molecular weight excluding hydrogens is 286 g/mol. The molecule has 0 aromatic rings. The lowest BCUT2D eigenvalue weighted by Gasteiger charge is -2.40. The van der Waals surface area contributed by atoms with Crippen LogP contribution >= 0.6 is 0 Å². The molecule has 22 heavy (non-hydrogen) atoms. The number of likely N-dealkylation sites (tertiary alicyclic amines) is 2. The minimum atomic E-state index is -0.946. The Labute approximate surface area is 131 Å². The number of nitrogens with zero attached hydrogens (tertiary/aromatic N) is 2. The third kappa shape index (κ3) is 4.33. The highest BCUT2D eigenvalue weighted by molar-refractivity contribution is 5.79. The average molecular weight is 313 g/mol. The summed E-state index contributed by atoms with van der Waals surface area (Å²) in [5.41, 5.74) is 4.30. The van der Waals surface area contributed by atoms with E-state index >= 15 is 0 Å². The van der Waals surface area contributed by atoms with Crippen LogP contribution in [0.4, 0.5) is 4.79 Å². The van der Waals surface area contributed by atoms with Crippen molar-refractivity contribution in [1.82, 2.24) is 9.80 Å². The van der Waals surface area contributed by atoms with Crippen LogP contribution in [0.3, 0.4) is 0 Å². The third-order valence-electron chi connectivity index (χ3n) is 4.08. The molecular formula is C15H27N3O4. The first kappa shape index (κ1) is 17.0. The normalized spacial score (nSPS) is 25.5. The van der Waals surface area contributed by atoms with E-state index in [0.29, 0.717) is 45.4 Å². The Morgan fingerprint density at radius 2 is 2.00 bits per heavy atom. The first-order chi connectivity index (χ1) is 10.1. The monoisotopic (exact) mass is 313 g/mol. The predicted molar refractivity (Wildman–Crippen MR) is 81.2 cm³/mol. The Bertz CT molecular complexity index is 439. The Morgan fingerprint density at radius 1 is 1.41 bits per heavy atom. The number of ether oxygens (including phenoxy) is 1. The van der Waals surface area contributed by atoms with Crippen LogP contribution in [0, 0.1) is 0 Å². The number of rotatable bonds is 2. The molecule has 2 fully saturated rings. The second-order valence-electron chi connectivity index (χ2n) is 7.43. The van der Waals surface area contributed by atoms with E-state index in [1.165, 1.54) is 0 Å². The molecule has 7 nitrogen and oxygen atoms in total. The number of β-amino-alcohol motifs (C(OH)–C–C–N with tert-alkyl or cyclic N) is 1. The molecule has 126 valence electrons. The van der Waals surface area contributed by atoms with E-state index in [4.69, 9.17) is 10.5 Å². The molecule has 7 heteroatoms. The zero-order valence-corrected chi connectivity index (χ0v) is 13.7. The van der Waals surface area contributed by atoms with Crippen LogP contribution in [0.15, 0.2) is 0 Å². The van der Waals surface area contributed by atoms with E-state index in [1.54, 1.807) is 9.80 Å². The summed E-state index contributed by atoms with van der Waals surface area (Å²) in [7, 11) is 0. The van der Waals surface area contributed by atoms with Gasteiger partial charge < -0.3 is 25.4 Å². The number of aliphatic hydroxyl groups is 1. The van der Waals surface area contributed by atoms with E-state index in [9.17, 15) is 14.7 Å². The molecule has 0 aromatic heterocycles. The minimum absolute atomic E-state index is 0.00417. The number of hydrogen-bond acceptors (Lipinski definition) is 5. The fourth-order valence-corrected chi connectivity index (χ4v) is 2.90. The highest BCUT2D eigenvalue weighted by Crippen LogP contribution is 2.26. The number of carbonyl (C=O) groups is 2. The van der Waals surface area contributed by atoms with Gasteiger partial charge in [0.2, 0.25) is 5.91 Å². The van der Waals surface area contributed by atoms with Gasteiger partial charge in [0.15, 0.2) is 0 Å². The van der Waals surface area contributed by atoms with Gasteiger partial charge in [-0.2, -0.15) is 0 Å². The number of carbonyl (C=O) groups excluding carboxylic acids is 2. The molecule has 0 saturated carbocycles. The summed E-state index contributed by atoms with van der Waals surface area (Å²) in [5, 5.41) is 10.7. The van der Waals surface area contributed by atoms with Crippen LogP contribution < -0.4 is 5.73 Å². The van der Waals surface area contributed by atoms with E-state index in [1.807, 2.05) is 20.8 Å². The summed E-state index contributed by atoms with van der Waals surface area (Å²) in [6.45, 7) is 7.13. The van der Waals surface area contributed by atoms with Crippen molar-refractivity contribution in [2.24, 2.45) is 5.73 Å². The highest BCUT2D eigenvalue weighted by Gasteiger charge is 2.39. The quantitative estimate of drug-likeness (QED) is 0.765. The summed E-state index contributed by atoms with van der Waals surface area (Å²) in [6.07, 6.45) is 0.866. The Kier molecular flexibility index (Phi) is 4.67. The van der Waals surface area contributed by atoms with Crippen LogP contribution in [-0.2, 0) is 9.53 Å². The zero-order valence-electron chi connectivity index (χ0n) is 13.7. The van der Waals surface area contributed by atoms with Crippen molar-refractivity contribution in [3.05, 3.63) is 0 Å². The molecule has 2 amide bonds. The first-order valence-electron chi connectivity index (χ1n) is 7.82. The van der Waals surface area contributed by atoms with Crippen molar-refractivity contribution in [2.45, 2.75) is 57.3 Å². The molecule has 3 N–H and O–H groups in total. The number of nitrogens with two attached hydrogens (primary N) is 1. The summed E-state index contributed by atoms with van der Waals surface area (Å²) in [5.74, 6) is -0.00417. The Hall–Kier alpha value is -1.34. The first-order valence-corrected chi connectivity index (χ1v) is 7.82. The van der Waals surface area contributed by atoms with Gasteiger partial charge in [-0.1, -0.05) is 0 Å². The summed E-state index contributed by atoms with van der Waals surface area (Å²) >= 11 is 0. The van der Waals surface area contributed by atoms with Gasteiger partial charge in [-0.25, -0.2) is 4.79 Å². The molecule has 2 aliphatic rings. The maximum absolute atomic E-state index is 12.0. The smallest absolute Gasteiger partial charge is 0.410 e. The topological polar surface area (TPSA) is 96.1 Å². The van der Waals surface area contributed by atoms with Crippen molar-refractivity contribution in [3.63, 3.8) is 0 Å². The van der Waals surface area contributed by atoms with Gasteiger partial charge in [-0.3, -0.25) is 4.79 Å². The summed E-state index contributed by atoms with van der Waals surface area (Å²) in [6, 6.07) is -0.141. The van der Waals surface area contributed by atoms with Crippen LogP contribution in [0.25, 0.3) is 0 Å². The van der Waals surface area contributed by atoms with E-state index in [-0.39, 0.29) is 18.0 Å². The molecule has 1 unspecified atom stereocenters. The fourth-order valence-electron chi connectivity index (χ4n) is 2.90. The zero-order chi connectivity index (χ0) is 16.5. The van der Waals surface area contributed by atoms with Crippen LogP contribution in [0.1, 0.15) is 40.0 Å². The maximum Gasteiger partial charge on any atom is 0.410 e. The Morgan fingerprint density at radius 3 is 2.45 bits per heavy atom. The number of piperidine rings is 1. The minimum Gasteiger partial charge on any atom is -0.444 e. The highest BCUT2D eigenvalue weighted by atomic mass is 16.6. The lowest BCUT2D eigenvalue weighted by Crippen LogP contribution is -2.53. The van der Waals surface area contributed by atoms with Crippen molar-refractivity contribution in [1.29, 1.82) is 0 Å². The molecule has 0 bridgehead atoms. The van der Waals surface area contributed by atoms with Crippen molar-refractivity contribution in [2.75, 3.05) is 26.2 Å². The number of hydrogen-bond donors (Lipinski definition) is 2. The second-order valence-corrected chi connectivity index (χ2v) is 7.43.